The minimum absolute atomic E-state index is 0.846. The van der Waals surface area contributed by atoms with Crippen molar-refractivity contribution in [1.29, 1.82) is 0 Å². The summed E-state index contributed by atoms with van der Waals surface area (Å²) in [6.45, 7) is 5.45. The molecule has 6 heteroatoms. The van der Waals surface area contributed by atoms with Crippen molar-refractivity contribution >= 4 is 34.4 Å². The number of quaternary nitrogens is 1. The summed E-state index contributed by atoms with van der Waals surface area (Å²) in [5.74, 6) is 0. The summed E-state index contributed by atoms with van der Waals surface area (Å²) in [5.41, 5.74) is 2.31. The lowest BCUT2D eigenvalue weighted by Gasteiger charge is -2.10. The molecule has 0 bridgehead atoms. The zero-order valence-electron chi connectivity index (χ0n) is 11.6. The van der Waals surface area contributed by atoms with Gasteiger partial charge in [0.15, 0.2) is 10.6 Å². The van der Waals surface area contributed by atoms with E-state index in [2.05, 4.69) is 41.6 Å². The van der Waals surface area contributed by atoms with Crippen LogP contribution in [0.5, 0.6) is 0 Å². The molecule has 3 rings (SSSR count). The predicted octanol–water partition coefficient (Wildman–Crippen LogP) is 2.36. The van der Waals surface area contributed by atoms with Crippen molar-refractivity contribution in [1.82, 2.24) is 9.78 Å². The van der Waals surface area contributed by atoms with Crippen LogP contribution in [0.3, 0.4) is 0 Å². The second kappa shape index (κ2) is 6.03. The van der Waals surface area contributed by atoms with E-state index in [1.165, 1.54) is 42.8 Å². The number of nitrogens with one attached hydrogen (secondary N) is 2. The molecule has 0 unspecified atom stereocenters. The van der Waals surface area contributed by atoms with E-state index in [1.807, 2.05) is 4.68 Å². The van der Waals surface area contributed by atoms with Gasteiger partial charge >= 0.3 is 0 Å². The van der Waals surface area contributed by atoms with Crippen molar-refractivity contribution in [2.75, 3.05) is 18.4 Å². The Morgan fingerprint density at radius 2 is 2.00 bits per heavy atom. The van der Waals surface area contributed by atoms with Gasteiger partial charge < -0.3 is 10.2 Å². The number of aryl methyl sites for hydroxylation is 1. The Balaban J connectivity index is 1.71. The van der Waals surface area contributed by atoms with Crippen molar-refractivity contribution in [3.8, 4) is 0 Å². The summed E-state index contributed by atoms with van der Waals surface area (Å²) in [4.78, 5) is 1.58. The van der Waals surface area contributed by atoms with E-state index in [4.69, 9.17) is 12.2 Å². The van der Waals surface area contributed by atoms with Crippen molar-refractivity contribution in [3.63, 3.8) is 0 Å². The van der Waals surface area contributed by atoms with Gasteiger partial charge in [-0.2, -0.15) is 4.68 Å². The van der Waals surface area contributed by atoms with E-state index < -0.39 is 0 Å². The summed E-state index contributed by atoms with van der Waals surface area (Å²) in [6.07, 6.45) is 2.64. The Labute approximate surface area is 128 Å². The fourth-order valence-electron chi connectivity index (χ4n) is 2.46. The van der Waals surface area contributed by atoms with Crippen molar-refractivity contribution < 1.29 is 4.90 Å². The van der Waals surface area contributed by atoms with E-state index in [-0.39, 0.29) is 0 Å². The molecule has 1 aliphatic heterocycles. The van der Waals surface area contributed by atoms with Gasteiger partial charge in [-0.25, -0.2) is 0 Å². The van der Waals surface area contributed by atoms with E-state index in [9.17, 15) is 0 Å². The number of nitrogens with zero attached hydrogens (tertiary/aromatic N) is 2. The highest BCUT2D eigenvalue weighted by Gasteiger charge is 2.17. The van der Waals surface area contributed by atoms with Crippen molar-refractivity contribution in [3.05, 3.63) is 33.8 Å². The zero-order valence-corrected chi connectivity index (χ0v) is 13.2. The van der Waals surface area contributed by atoms with Gasteiger partial charge in [-0.05, 0) is 31.3 Å². The maximum absolute atomic E-state index is 5.41. The molecule has 20 heavy (non-hydrogen) atoms. The molecule has 4 nitrogen and oxygen atoms in total. The lowest BCUT2D eigenvalue weighted by atomic mass is 10.2. The van der Waals surface area contributed by atoms with Crippen LogP contribution in [0.15, 0.2) is 24.3 Å². The van der Waals surface area contributed by atoms with Gasteiger partial charge in [0.2, 0.25) is 5.13 Å². The largest absolute Gasteiger partial charge is 0.330 e. The van der Waals surface area contributed by atoms with E-state index in [0.717, 1.165) is 21.4 Å². The van der Waals surface area contributed by atoms with Crippen molar-refractivity contribution in [2.45, 2.75) is 26.4 Å². The van der Waals surface area contributed by atoms with Gasteiger partial charge in [-0.1, -0.05) is 29.0 Å². The molecule has 1 fully saturated rings. The fraction of sp³-hybridized carbons (Fsp3) is 0.429. The average Bonchev–Trinajstić information content (AvgIpc) is 3.04. The summed E-state index contributed by atoms with van der Waals surface area (Å²) in [6, 6.07) is 8.31. The SMILES string of the molecule is Cc1ccc(Nc2nn(C[NH+]3CCCC3)c(=S)s2)cc1. The topological polar surface area (TPSA) is 34.3 Å². The monoisotopic (exact) mass is 307 g/mol. The number of hydrogen-bond acceptors (Lipinski definition) is 4. The molecule has 1 aromatic carbocycles. The second-order valence-electron chi connectivity index (χ2n) is 5.28. The molecule has 2 heterocycles. The van der Waals surface area contributed by atoms with Crippen LogP contribution in [0.1, 0.15) is 18.4 Å². The zero-order chi connectivity index (χ0) is 13.9. The second-order valence-corrected chi connectivity index (χ2v) is 6.90. The third-order valence-corrected chi connectivity index (χ3v) is 4.82. The average molecular weight is 307 g/mol. The molecule has 0 amide bonds. The van der Waals surface area contributed by atoms with Gasteiger partial charge in [0.1, 0.15) is 0 Å². The Morgan fingerprint density at radius 1 is 1.30 bits per heavy atom. The third-order valence-electron chi connectivity index (χ3n) is 3.59. The molecular formula is C14H19N4S2+. The molecule has 0 saturated carbocycles. The van der Waals surface area contributed by atoms with Gasteiger partial charge in [-0.3, -0.25) is 0 Å². The van der Waals surface area contributed by atoms with Gasteiger partial charge in [0.25, 0.3) is 0 Å². The van der Waals surface area contributed by atoms with Gasteiger partial charge in [-0.15, -0.1) is 5.10 Å². The van der Waals surface area contributed by atoms with E-state index in [0.29, 0.717) is 0 Å². The minimum atomic E-state index is 0.846. The maximum Gasteiger partial charge on any atom is 0.209 e. The first-order valence-corrected chi connectivity index (χ1v) is 8.18. The molecule has 2 aromatic rings. The summed E-state index contributed by atoms with van der Waals surface area (Å²) >= 11 is 6.95. The first-order chi connectivity index (χ1) is 9.70. The molecule has 0 spiro atoms. The molecule has 1 saturated heterocycles. The quantitative estimate of drug-likeness (QED) is 0.851. The summed E-state index contributed by atoms with van der Waals surface area (Å²) < 4.78 is 2.80. The van der Waals surface area contributed by atoms with Crippen LogP contribution in [0.25, 0.3) is 0 Å². The van der Waals surface area contributed by atoms with Crippen LogP contribution >= 0.6 is 23.6 Å². The Morgan fingerprint density at radius 3 is 2.70 bits per heavy atom. The number of benzene rings is 1. The summed E-state index contributed by atoms with van der Waals surface area (Å²) in [5, 5.41) is 8.79. The highest BCUT2D eigenvalue weighted by atomic mass is 32.1. The molecular weight excluding hydrogens is 288 g/mol. The fourth-order valence-corrected chi connectivity index (χ4v) is 3.49. The number of hydrogen-bond donors (Lipinski definition) is 2. The highest BCUT2D eigenvalue weighted by molar-refractivity contribution is 7.73. The van der Waals surface area contributed by atoms with Crippen LogP contribution in [-0.4, -0.2) is 22.9 Å². The molecule has 1 aromatic heterocycles. The lowest BCUT2D eigenvalue weighted by molar-refractivity contribution is -0.911. The Bertz CT molecular complexity index is 623. The smallest absolute Gasteiger partial charge is 0.209 e. The van der Waals surface area contributed by atoms with Crippen LogP contribution in [0.4, 0.5) is 10.8 Å². The summed E-state index contributed by atoms with van der Waals surface area (Å²) in [7, 11) is 0. The normalized spacial score (nSPS) is 15.7. The number of anilines is 2. The predicted molar refractivity (Wildman–Crippen MR) is 85.3 cm³/mol. The molecule has 106 valence electrons. The van der Waals surface area contributed by atoms with Crippen LogP contribution in [-0.2, 0) is 6.67 Å². The van der Waals surface area contributed by atoms with E-state index in [1.54, 1.807) is 4.90 Å². The van der Waals surface area contributed by atoms with Crippen LogP contribution in [0, 0.1) is 10.9 Å². The van der Waals surface area contributed by atoms with Crippen molar-refractivity contribution in [2.24, 2.45) is 0 Å². The van der Waals surface area contributed by atoms with Gasteiger partial charge in [0.05, 0.1) is 13.1 Å². The lowest BCUT2D eigenvalue weighted by Crippen LogP contribution is -3.09. The van der Waals surface area contributed by atoms with Crippen LogP contribution in [0.2, 0.25) is 0 Å². The van der Waals surface area contributed by atoms with Gasteiger partial charge in [0, 0.05) is 18.5 Å². The van der Waals surface area contributed by atoms with E-state index >= 15 is 0 Å². The molecule has 2 N–H and O–H groups in total. The molecule has 0 radical (unpaired) electrons. The van der Waals surface area contributed by atoms with Crippen LogP contribution < -0.4 is 10.2 Å². The number of rotatable bonds is 4. The number of likely N-dealkylation sites (tertiary alicyclic amines) is 1. The Kier molecular flexibility index (Phi) is 4.14. The standard InChI is InChI=1S/C14H18N4S2/c1-11-4-6-12(7-5-11)15-13-16-18(14(19)20-13)10-17-8-2-3-9-17/h4-7H,2-3,8-10H2,1H3,(H,15,16)/p+1. The minimum Gasteiger partial charge on any atom is -0.330 e. The molecule has 1 aliphatic rings. The molecule has 0 aliphatic carbocycles. The maximum atomic E-state index is 5.41. The molecule has 0 atom stereocenters. The number of aromatic nitrogens is 2. The first kappa shape index (κ1) is 13.7. The Hall–Kier alpha value is -1.24. The third kappa shape index (κ3) is 3.26. The highest BCUT2D eigenvalue weighted by Crippen LogP contribution is 2.20. The first-order valence-electron chi connectivity index (χ1n) is 6.96.